The number of hydrogen-bond acceptors (Lipinski definition) is 3. The van der Waals surface area contributed by atoms with Crippen LogP contribution < -0.4 is 5.73 Å². The molecule has 0 bridgehead atoms. The SMILES string of the molecule is CCC(C)(C)C1CCC(N)(C(O)C(=O)O)CC1. The molecule has 1 saturated carbocycles. The molecule has 100 valence electrons. The van der Waals surface area contributed by atoms with Crippen LogP contribution in [-0.4, -0.2) is 27.8 Å². The minimum atomic E-state index is -1.44. The summed E-state index contributed by atoms with van der Waals surface area (Å²) >= 11 is 0. The van der Waals surface area contributed by atoms with E-state index in [0.29, 0.717) is 18.8 Å². The van der Waals surface area contributed by atoms with E-state index in [1.165, 1.54) is 0 Å². The van der Waals surface area contributed by atoms with Gasteiger partial charge < -0.3 is 15.9 Å². The van der Waals surface area contributed by atoms with E-state index in [1.807, 2.05) is 0 Å². The molecular weight excluding hydrogens is 218 g/mol. The summed E-state index contributed by atoms with van der Waals surface area (Å²) in [7, 11) is 0. The van der Waals surface area contributed by atoms with Crippen molar-refractivity contribution in [2.75, 3.05) is 0 Å². The number of rotatable bonds is 4. The van der Waals surface area contributed by atoms with Crippen LogP contribution in [0.2, 0.25) is 0 Å². The topological polar surface area (TPSA) is 83.5 Å². The number of carboxylic acid groups (broad SMARTS) is 1. The molecule has 1 rings (SSSR count). The molecule has 0 saturated heterocycles. The number of nitrogens with two attached hydrogens (primary N) is 1. The van der Waals surface area contributed by atoms with Crippen molar-refractivity contribution < 1.29 is 15.0 Å². The van der Waals surface area contributed by atoms with E-state index in [-0.39, 0.29) is 5.41 Å². The van der Waals surface area contributed by atoms with Gasteiger partial charge in [0.25, 0.3) is 0 Å². The van der Waals surface area contributed by atoms with Gasteiger partial charge in [-0.1, -0.05) is 27.2 Å². The standard InChI is InChI=1S/C13H25NO3/c1-4-12(2,3)9-5-7-13(14,8-6-9)10(15)11(16)17/h9-10,15H,4-8,14H2,1-3H3,(H,16,17). The third kappa shape index (κ3) is 2.99. The van der Waals surface area contributed by atoms with Crippen LogP contribution in [0.5, 0.6) is 0 Å². The summed E-state index contributed by atoms with van der Waals surface area (Å²) in [5.74, 6) is -0.633. The van der Waals surface area contributed by atoms with Gasteiger partial charge in [0.2, 0.25) is 0 Å². The normalized spacial score (nSPS) is 32.2. The van der Waals surface area contributed by atoms with Crippen molar-refractivity contribution in [2.24, 2.45) is 17.1 Å². The van der Waals surface area contributed by atoms with Gasteiger partial charge >= 0.3 is 5.97 Å². The first kappa shape index (κ1) is 14.5. The summed E-state index contributed by atoms with van der Waals surface area (Å²) in [6.07, 6.45) is 2.66. The summed E-state index contributed by atoms with van der Waals surface area (Å²) in [5, 5.41) is 18.5. The lowest BCUT2D eigenvalue weighted by Gasteiger charge is -2.44. The van der Waals surface area contributed by atoms with E-state index in [1.54, 1.807) is 0 Å². The first-order valence-corrected chi connectivity index (χ1v) is 6.42. The smallest absolute Gasteiger partial charge is 0.334 e. The van der Waals surface area contributed by atoms with E-state index >= 15 is 0 Å². The van der Waals surface area contributed by atoms with Crippen molar-refractivity contribution in [3.8, 4) is 0 Å². The molecule has 0 spiro atoms. The molecule has 0 heterocycles. The number of carboxylic acids is 1. The molecule has 4 N–H and O–H groups in total. The Morgan fingerprint density at radius 1 is 1.47 bits per heavy atom. The molecule has 0 aromatic heterocycles. The molecule has 0 radical (unpaired) electrons. The highest BCUT2D eigenvalue weighted by atomic mass is 16.4. The Morgan fingerprint density at radius 2 is 1.94 bits per heavy atom. The summed E-state index contributed by atoms with van der Waals surface area (Å²) in [4.78, 5) is 10.8. The summed E-state index contributed by atoms with van der Waals surface area (Å²) < 4.78 is 0. The lowest BCUT2D eigenvalue weighted by atomic mass is 9.64. The van der Waals surface area contributed by atoms with Gasteiger partial charge in [0.05, 0.1) is 5.54 Å². The van der Waals surface area contributed by atoms with Gasteiger partial charge in [-0.2, -0.15) is 0 Å². The van der Waals surface area contributed by atoms with Crippen molar-refractivity contribution >= 4 is 5.97 Å². The molecule has 17 heavy (non-hydrogen) atoms. The van der Waals surface area contributed by atoms with Crippen LogP contribution >= 0.6 is 0 Å². The van der Waals surface area contributed by atoms with Gasteiger partial charge in [-0.25, -0.2) is 4.79 Å². The van der Waals surface area contributed by atoms with Crippen molar-refractivity contribution in [1.82, 2.24) is 0 Å². The zero-order valence-corrected chi connectivity index (χ0v) is 11.1. The maximum Gasteiger partial charge on any atom is 0.334 e. The molecular formula is C13H25NO3. The predicted molar refractivity (Wildman–Crippen MR) is 66.6 cm³/mol. The number of aliphatic carboxylic acids is 1. The third-order valence-corrected chi connectivity index (χ3v) is 4.71. The second-order valence-electron chi connectivity index (χ2n) is 6.09. The Labute approximate surface area is 103 Å². The maximum atomic E-state index is 10.8. The van der Waals surface area contributed by atoms with Gasteiger partial charge in [0, 0.05) is 0 Å². The summed E-state index contributed by atoms with van der Waals surface area (Å²) in [5.41, 5.74) is 5.35. The quantitative estimate of drug-likeness (QED) is 0.702. The van der Waals surface area contributed by atoms with Gasteiger partial charge in [0.15, 0.2) is 6.10 Å². The Kier molecular flexibility index (Phi) is 4.20. The highest BCUT2D eigenvalue weighted by molar-refractivity contribution is 5.73. The van der Waals surface area contributed by atoms with Crippen LogP contribution in [0.4, 0.5) is 0 Å². The Morgan fingerprint density at radius 3 is 2.29 bits per heavy atom. The molecule has 1 fully saturated rings. The molecule has 0 aromatic carbocycles. The predicted octanol–water partition coefficient (Wildman–Crippen LogP) is 1.76. The minimum Gasteiger partial charge on any atom is -0.479 e. The summed E-state index contributed by atoms with van der Waals surface area (Å²) in [6.45, 7) is 6.67. The monoisotopic (exact) mass is 243 g/mol. The van der Waals surface area contributed by atoms with Crippen molar-refractivity contribution in [2.45, 2.75) is 64.5 Å². The van der Waals surface area contributed by atoms with E-state index in [9.17, 15) is 9.90 Å². The van der Waals surface area contributed by atoms with Crippen molar-refractivity contribution in [3.63, 3.8) is 0 Å². The second kappa shape index (κ2) is 4.94. The fraction of sp³-hybridized carbons (Fsp3) is 0.923. The zero-order chi connectivity index (χ0) is 13.3. The Bertz CT molecular complexity index is 280. The van der Waals surface area contributed by atoms with Crippen LogP contribution in [0.1, 0.15) is 52.9 Å². The van der Waals surface area contributed by atoms with E-state index in [4.69, 9.17) is 10.8 Å². The molecule has 1 aliphatic rings. The summed E-state index contributed by atoms with van der Waals surface area (Å²) in [6, 6.07) is 0. The number of hydrogen-bond donors (Lipinski definition) is 3. The molecule has 1 aliphatic carbocycles. The molecule has 4 heteroatoms. The molecule has 1 unspecified atom stereocenters. The van der Waals surface area contributed by atoms with Crippen molar-refractivity contribution in [3.05, 3.63) is 0 Å². The number of carbonyl (C=O) groups is 1. The maximum absolute atomic E-state index is 10.8. The average Bonchev–Trinajstić information content (AvgIpc) is 2.28. The fourth-order valence-electron chi connectivity index (χ4n) is 2.74. The van der Waals surface area contributed by atoms with Gasteiger partial charge in [-0.3, -0.25) is 0 Å². The molecule has 0 aliphatic heterocycles. The average molecular weight is 243 g/mol. The molecule has 4 nitrogen and oxygen atoms in total. The van der Waals surface area contributed by atoms with Crippen LogP contribution in [0.3, 0.4) is 0 Å². The lowest BCUT2D eigenvalue weighted by molar-refractivity contribution is -0.152. The first-order valence-electron chi connectivity index (χ1n) is 6.42. The van der Waals surface area contributed by atoms with Gasteiger partial charge in [-0.05, 0) is 37.0 Å². The number of aliphatic hydroxyl groups excluding tert-OH is 1. The highest BCUT2D eigenvalue weighted by Crippen LogP contribution is 2.43. The molecule has 0 amide bonds. The van der Waals surface area contributed by atoms with E-state index in [2.05, 4.69) is 20.8 Å². The lowest BCUT2D eigenvalue weighted by Crippen LogP contribution is -2.56. The minimum absolute atomic E-state index is 0.273. The first-order chi connectivity index (χ1) is 7.73. The third-order valence-electron chi connectivity index (χ3n) is 4.71. The highest BCUT2D eigenvalue weighted by Gasteiger charge is 2.44. The van der Waals surface area contributed by atoms with Crippen LogP contribution in [0.25, 0.3) is 0 Å². The van der Waals surface area contributed by atoms with Crippen LogP contribution in [0.15, 0.2) is 0 Å². The largest absolute Gasteiger partial charge is 0.479 e. The van der Waals surface area contributed by atoms with Crippen LogP contribution in [0, 0.1) is 11.3 Å². The second-order valence-corrected chi connectivity index (χ2v) is 6.09. The van der Waals surface area contributed by atoms with Crippen molar-refractivity contribution in [1.29, 1.82) is 0 Å². The number of aliphatic hydroxyl groups is 1. The molecule has 1 atom stereocenters. The van der Waals surface area contributed by atoms with Crippen LogP contribution in [-0.2, 0) is 4.79 Å². The van der Waals surface area contributed by atoms with E-state index in [0.717, 1.165) is 19.3 Å². The zero-order valence-electron chi connectivity index (χ0n) is 11.1. The van der Waals surface area contributed by atoms with Gasteiger partial charge in [0.1, 0.15) is 0 Å². The Hall–Kier alpha value is -0.610. The molecule has 0 aromatic rings. The van der Waals surface area contributed by atoms with E-state index < -0.39 is 17.6 Å². The fourth-order valence-corrected chi connectivity index (χ4v) is 2.74. The Balaban J connectivity index is 2.64. The van der Waals surface area contributed by atoms with Gasteiger partial charge in [-0.15, -0.1) is 0 Å².